The van der Waals surface area contributed by atoms with E-state index in [1.54, 1.807) is 13.2 Å². The molecule has 0 aliphatic rings. The van der Waals surface area contributed by atoms with Crippen molar-refractivity contribution in [2.75, 3.05) is 25.2 Å². The van der Waals surface area contributed by atoms with Crippen LogP contribution in [0.1, 0.15) is 19.4 Å². The lowest BCUT2D eigenvalue weighted by molar-refractivity contribution is 0.181. The van der Waals surface area contributed by atoms with Crippen molar-refractivity contribution in [1.82, 2.24) is 0 Å². The number of nitrogens with two attached hydrogens (primary N) is 1. The van der Waals surface area contributed by atoms with E-state index in [9.17, 15) is 4.39 Å². The van der Waals surface area contributed by atoms with E-state index in [1.807, 2.05) is 24.8 Å². The number of likely N-dealkylation sites (N-methyl/N-ethyl adjacent to an activating group) is 1. The maximum atomic E-state index is 14.3. The summed E-state index contributed by atoms with van der Waals surface area (Å²) in [6, 6.07) is 3.74. The highest BCUT2D eigenvalue weighted by Gasteiger charge is 2.19. The molecular formula is C13H20BrFN2O. The molecule has 2 N–H and O–H groups in total. The third-order valence-corrected chi connectivity index (χ3v) is 3.81. The predicted molar refractivity (Wildman–Crippen MR) is 76.3 cm³/mol. The topological polar surface area (TPSA) is 38.5 Å². The standard InChI is InChI=1S/C13H20BrFN2O/c1-4-17(9(2)8-18-3)11-6-5-10(7-16)12(14)13(11)15/h5-6,9H,4,7-8,16H2,1-3H3. The molecule has 0 spiro atoms. The first-order chi connectivity index (χ1) is 8.56. The number of benzene rings is 1. The molecule has 0 saturated heterocycles. The summed E-state index contributed by atoms with van der Waals surface area (Å²) < 4.78 is 19.9. The van der Waals surface area contributed by atoms with Crippen LogP contribution in [-0.2, 0) is 11.3 Å². The van der Waals surface area contributed by atoms with Gasteiger partial charge in [-0.3, -0.25) is 0 Å². The maximum Gasteiger partial charge on any atom is 0.160 e. The summed E-state index contributed by atoms with van der Waals surface area (Å²) in [4.78, 5) is 1.98. The Balaban J connectivity index is 3.10. The van der Waals surface area contributed by atoms with E-state index in [0.717, 1.165) is 12.1 Å². The molecule has 0 fully saturated rings. The Labute approximate surface area is 116 Å². The van der Waals surface area contributed by atoms with Crippen molar-refractivity contribution < 1.29 is 9.13 Å². The minimum absolute atomic E-state index is 0.116. The SMILES string of the molecule is CCN(c1ccc(CN)c(Br)c1F)C(C)COC. The van der Waals surface area contributed by atoms with Crippen molar-refractivity contribution in [2.24, 2.45) is 5.73 Å². The van der Waals surface area contributed by atoms with Crippen LogP contribution in [0.15, 0.2) is 16.6 Å². The molecule has 1 aromatic carbocycles. The molecule has 0 heterocycles. The van der Waals surface area contributed by atoms with Crippen LogP contribution in [-0.4, -0.2) is 26.3 Å². The monoisotopic (exact) mass is 318 g/mol. The first-order valence-corrected chi connectivity index (χ1v) is 6.78. The van der Waals surface area contributed by atoms with E-state index >= 15 is 0 Å². The summed E-state index contributed by atoms with van der Waals surface area (Å²) in [5.74, 6) is -0.261. The first-order valence-electron chi connectivity index (χ1n) is 5.99. The van der Waals surface area contributed by atoms with Gasteiger partial charge >= 0.3 is 0 Å². The van der Waals surface area contributed by atoms with Crippen molar-refractivity contribution in [1.29, 1.82) is 0 Å². The summed E-state index contributed by atoms with van der Waals surface area (Å²) >= 11 is 3.26. The smallest absolute Gasteiger partial charge is 0.160 e. The van der Waals surface area contributed by atoms with Gasteiger partial charge in [-0.25, -0.2) is 4.39 Å². The van der Waals surface area contributed by atoms with Crippen LogP contribution < -0.4 is 10.6 Å². The van der Waals surface area contributed by atoms with Crippen LogP contribution in [0.3, 0.4) is 0 Å². The third kappa shape index (κ3) is 3.22. The zero-order valence-electron chi connectivity index (χ0n) is 11.0. The molecule has 18 heavy (non-hydrogen) atoms. The Morgan fingerprint density at radius 2 is 2.17 bits per heavy atom. The number of anilines is 1. The molecule has 0 bridgehead atoms. The van der Waals surface area contributed by atoms with Gasteiger partial charge in [0, 0.05) is 26.2 Å². The van der Waals surface area contributed by atoms with Crippen molar-refractivity contribution in [3.05, 3.63) is 28.0 Å². The van der Waals surface area contributed by atoms with E-state index in [2.05, 4.69) is 15.9 Å². The fourth-order valence-electron chi connectivity index (χ4n) is 2.01. The quantitative estimate of drug-likeness (QED) is 0.876. The summed E-state index contributed by atoms with van der Waals surface area (Å²) in [6.45, 7) is 5.60. The molecule has 1 rings (SSSR count). The molecule has 0 radical (unpaired) electrons. The highest BCUT2D eigenvalue weighted by atomic mass is 79.9. The normalized spacial score (nSPS) is 12.6. The van der Waals surface area contributed by atoms with Crippen LogP contribution in [0.25, 0.3) is 0 Å². The molecular weight excluding hydrogens is 299 g/mol. The maximum absolute atomic E-state index is 14.3. The second-order valence-electron chi connectivity index (χ2n) is 4.17. The predicted octanol–water partition coefficient (Wildman–Crippen LogP) is 2.91. The molecule has 0 aliphatic carbocycles. The van der Waals surface area contributed by atoms with E-state index in [0.29, 0.717) is 23.3 Å². The van der Waals surface area contributed by atoms with Gasteiger partial charge in [-0.1, -0.05) is 6.07 Å². The zero-order valence-corrected chi connectivity index (χ0v) is 12.6. The van der Waals surface area contributed by atoms with Crippen molar-refractivity contribution in [2.45, 2.75) is 26.4 Å². The lowest BCUT2D eigenvalue weighted by Gasteiger charge is -2.30. The average molecular weight is 319 g/mol. The molecule has 0 saturated carbocycles. The van der Waals surface area contributed by atoms with Gasteiger partial charge in [0.25, 0.3) is 0 Å². The number of nitrogens with zero attached hydrogens (tertiary/aromatic N) is 1. The number of hydrogen-bond donors (Lipinski definition) is 1. The molecule has 1 aromatic rings. The van der Waals surface area contributed by atoms with Crippen molar-refractivity contribution in [3.8, 4) is 0 Å². The summed E-state index contributed by atoms with van der Waals surface area (Å²) in [7, 11) is 1.65. The van der Waals surface area contributed by atoms with Gasteiger partial charge in [0.15, 0.2) is 5.82 Å². The minimum Gasteiger partial charge on any atom is -0.383 e. The first kappa shape index (κ1) is 15.4. The fraction of sp³-hybridized carbons (Fsp3) is 0.538. The van der Waals surface area contributed by atoms with Gasteiger partial charge in [0.05, 0.1) is 16.8 Å². The highest BCUT2D eigenvalue weighted by Crippen LogP contribution is 2.30. The van der Waals surface area contributed by atoms with Crippen molar-refractivity contribution in [3.63, 3.8) is 0 Å². The summed E-state index contributed by atoms with van der Waals surface area (Å²) in [5.41, 5.74) is 6.90. The van der Waals surface area contributed by atoms with E-state index < -0.39 is 0 Å². The Hall–Kier alpha value is -0.650. The van der Waals surface area contributed by atoms with Crippen LogP contribution in [0.2, 0.25) is 0 Å². The molecule has 0 aliphatic heterocycles. The molecule has 0 aromatic heterocycles. The van der Waals surface area contributed by atoms with Gasteiger partial charge in [-0.15, -0.1) is 0 Å². The van der Waals surface area contributed by atoms with Crippen LogP contribution in [0.4, 0.5) is 10.1 Å². The van der Waals surface area contributed by atoms with E-state index in [1.165, 1.54) is 0 Å². The third-order valence-electron chi connectivity index (χ3n) is 2.95. The molecule has 0 amide bonds. The summed E-state index contributed by atoms with van der Waals surface area (Å²) in [6.07, 6.45) is 0. The molecule has 1 atom stereocenters. The molecule has 102 valence electrons. The zero-order chi connectivity index (χ0) is 13.7. The van der Waals surface area contributed by atoms with Gasteiger partial charge in [-0.2, -0.15) is 0 Å². The fourth-order valence-corrected chi connectivity index (χ4v) is 2.51. The van der Waals surface area contributed by atoms with Gasteiger partial charge in [0.1, 0.15) is 0 Å². The Bertz CT molecular complexity index is 401. The Morgan fingerprint density at radius 3 is 2.67 bits per heavy atom. The largest absolute Gasteiger partial charge is 0.383 e. The molecule has 1 unspecified atom stereocenters. The summed E-state index contributed by atoms with van der Waals surface area (Å²) in [5, 5.41) is 0. The van der Waals surface area contributed by atoms with Crippen LogP contribution in [0.5, 0.6) is 0 Å². The number of halogens is 2. The number of rotatable bonds is 6. The second-order valence-corrected chi connectivity index (χ2v) is 4.96. The number of hydrogen-bond acceptors (Lipinski definition) is 3. The number of ether oxygens (including phenoxy) is 1. The molecule has 5 heteroatoms. The number of methoxy groups -OCH3 is 1. The minimum atomic E-state index is -0.261. The van der Waals surface area contributed by atoms with E-state index in [-0.39, 0.29) is 11.9 Å². The molecule has 3 nitrogen and oxygen atoms in total. The van der Waals surface area contributed by atoms with Gasteiger partial charge < -0.3 is 15.4 Å². The van der Waals surface area contributed by atoms with Crippen LogP contribution in [0, 0.1) is 5.82 Å². The Kier molecular flexibility index (Phi) is 6.05. The lowest BCUT2D eigenvalue weighted by atomic mass is 10.1. The second kappa shape index (κ2) is 7.07. The van der Waals surface area contributed by atoms with Gasteiger partial charge in [0.2, 0.25) is 0 Å². The van der Waals surface area contributed by atoms with Crippen molar-refractivity contribution >= 4 is 21.6 Å². The van der Waals surface area contributed by atoms with Crippen LogP contribution >= 0.6 is 15.9 Å². The highest BCUT2D eigenvalue weighted by molar-refractivity contribution is 9.10. The Morgan fingerprint density at radius 1 is 1.50 bits per heavy atom. The lowest BCUT2D eigenvalue weighted by Crippen LogP contribution is -2.36. The average Bonchev–Trinajstić information content (AvgIpc) is 2.36. The van der Waals surface area contributed by atoms with E-state index in [4.69, 9.17) is 10.5 Å². The van der Waals surface area contributed by atoms with Gasteiger partial charge in [-0.05, 0) is 41.4 Å².